The number of carbonyl (C=O) groups excluding carboxylic acids is 2. The van der Waals surface area contributed by atoms with E-state index in [2.05, 4.69) is 15.3 Å². The predicted molar refractivity (Wildman–Crippen MR) is 123 cm³/mol. The zero-order valence-corrected chi connectivity index (χ0v) is 18.6. The van der Waals surface area contributed by atoms with E-state index >= 15 is 0 Å². The van der Waals surface area contributed by atoms with Crippen LogP contribution in [0.2, 0.25) is 0 Å². The number of benzene rings is 1. The molecule has 1 aromatic carbocycles. The molecule has 5 rings (SSSR count). The van der Waals surface area contributed by atoms with Crippen molar-refractivity contribution in [3.63, 3.8) is 0 Å². The molecule has 8 nitrogen and oxygen atoms in total. The van der Waals surface area contributed by atoms with E-state index in [9.17, 15) is 9.59 Å². The van der Waals surface area contributed by atoms with Gasteiger partial charge >= 0.3 is 0 Å². The maximum Gasteiger partial charge on any atom is 0.238 e. The SMILES string of the molecule is CC(=O)Nc1nc2ccc(-c3cnc4c(c3)N(C(=O)CC3CCOCC3)CCO4)cc2s1. The normalized spacial score (nSPS) is 16.5. The van der Waals surface area contributed by atoms with E-state index in [1.807, 2.05) is 29.2 Å². The molecule has 0 bridgehead atoms. The number of ether oxygens (including phenoxy) is 2. The summed E-state index contributed by atoms with van der Waals surface area (Å²) in [6.07, 6.45) is 4.14. The smallest absolute Gasteiger partial charge is 0.238 e. The molecular weight excluding hydrogens is 428 g/mol. The summed E-state index contributed by atoms with van der Waals surface area (Å²) in [6.45, 7) is 3.89. The molecule has 1 saturated heterocycles. The Morgan fingerprint density at radius 2 is 2.03 bits per heavy atom. The number of nitrogens with one attached hydrogen (secondary N) is 1. The maximum atomic E-state index is 13.1. The first-order valence-electron chi connectivity index (χ1n) is 10.8. The van der Waals surface area contributed by atoms with Crippen molar-refractivity contribution in [2.75, 3.05) is 36.6 Å². The van der Waals surface area contributed by atoms with Crippen molar-refractivity contribution in [3.8, 4) is 17.0 Å². The van der Waals surface area contributed by atoms with Crippen LogP contribution in [0.4, 0.5) is 10.8 Å². The third-order valence-corrected chi connectivity index (χ3v) is 6.72. The Hall–Kier alpha value is -3.04. The van der Waals surface area contributed by atoms with Crippen molar-refractivity contribution in [1.82, 2.24) is 9.97 Å². The molecule has 1 N–H and O–H groups in total. The highest BCUT2D eigenvalue weighted by atomic mass is 32.1. The number of amides is 2. The van der Waals surface area contributed by atoms with Gasteiger partial charge in [-0.1, -0.05) is 17.4 Å². The van der Waals surface area contributed by atoms with E-state index in [0.717, 1.165) is 47.4 Å². The molecule has 0 atom stereocenters. The van der Waals surface area contributed by atoms with Gasteiger partial charge in [0.05, 0.1) is 16.8 Å². The number of thiazole rings is 1. The van der Waals surface area contributed by atoms with Gasteiger partial charge in [0, 0.05) is 38.3 Å². The molecule has 9 heteroatoms. The lowest BCUT2D eigenvalue weighted by Crippen LogP contribution is -2.39. The van der Waals surface area contributed by atoms with E-state index in [4.69, 9.17) is 9.47 Å². The van der Waals surface area contributed by atoms with E-state index in [1.54, 1.807) is 6.20 Å². The zero-order valence-electron chi connectivity index (χ0n) is 17.8. The fraction of sp³-hybridized carbons (Fsp3) is 0.391. The van der Waals surface area contributed by atoms with Crippen LogP contribution >= 0.6 is 11.3 Å². The van der Waals surface area contributed by atoms with Crippen molar-refractivity contribution in [2.24, 2.45) is 5.92 Å². The van der Waals surface area contributed by atoms with Crippen LogP contribution in [-0.4, -0.2) is 48.1 Å². The van der Waals surface area contributed by atoms with Crippen molar-refractivity contribution in [3.05, 3.63) is 30.5 Å². The second-order valence-electron chi connectivity index (χ2n) is 8.08. The molecule has 32 heavy (non-hydrogen) atoms. The van der Waals surface area contributed by atoms with Gasteiger partial charge in [0.25, 0.3) is 0 Å². The van der Waals surface area contributed by atoms with Gasteiger partial charge in [0.2, 0.25) is 17.7 Å². The van der Waals surface area contributed by atoms with Crippen LogP contribution < -0.4 is 15.0 Å². The lowest BCUT2D eigenvalue weighted by molar-refractivity contribution is -0.120. The van der Waals surface area contributed by atoms with Crippen LogP contribution in [0.15, 0.2) is 30.5 Å². The van der Waals surface area contributed by atoms with E-state index in [1.165, 1.54) is 18.3 Å². The van der Waals surface area contributed by atoms with Crippen LogP contribution in [0.3, 0.4) is 0 Å². The fourth-order valence-corrected chi connectivity index (χ4v) is 5.08. The zero-order chi connectivity index (χ0) is 22.1. The third kappa shape index (κ3) is 4.31. The van der Waals surface area contributed by atoms with Crippen LogP contribution in [0.5, 0.6) is 5.88 Å². The van der Waals surface area contributed by atoms with Crippen molar-refractivity contribution < 1.29 is 19.1 Å². The van der Waals surface area contributed by atoms with Gasteiger partial charge in [0.1, 0.15) is 12.3 Å². The van der Waals surface area contributed by atoms with E-state index < -0.39 is 0 Å². The monoisotopic (exact) mass is 452 g/mol. The summed E-state index contributed by atoms with van der Waals surface area (Å²) in [5.41, 5.74) is 3.40. The molecule has 1 fully saturated rings. The van der Waals surface area contributed by atoms with Gasteiger partial charge in [-0.05, 0) is 42.5 Å². The van der Waals surface area contributed by atoms with Gasteiger partial charge in [0.15, 0.2) is 5.13 Å². The Kier molecular flexibility index (Phi) is 5.75. The number of rotatable bonds is 4. The number of anilines is 2. The fourth-order valence-electron chi connectivity index (χ4n) is 4.13. The molecule has 166 valence electrons. The minimum atomic E-state index is -0.145. The highest BCUT2D eigenvalue weighted by Gasteiger charge is 2.28. The number of pyridine rings is 1. The van der Waals surface area contributed by atoms with E-state index in [0.29, 0.717) is 42.2 Å². The number of hydrogen-bond donors (Lipinski definition) is 1. The first-order valence-corrected chi connectivity index (χ1v) is 11.6. The maximum absolute atomic E-state index is 13.1. The van der Waals surface area contributed by atoms with Gasteiger partial charge in [-0.25, -0.2) is 9.97 Å². The number of nitrogens with zero attached hydrogens (tertiary/aromatic N) is 3. The largest absolute Gasteiger partial charge is 0.474 e. The Morgan fingerprint density at radius 3 is 2.84 bits per heavy atom. The molecule has 0 spiro atoms. The Bertz CT molecular complexity index is 1170. The number of aromatic nitrogens is 2. The summed E-state index contributed by atoms with van der Waals surface area (Å²) >= 11 is 1.43. The van der Waals surface area contributed by atoms with Crippen molar-refractivity contribution in [2.45, 2.75) is 26.2 Å². The molecule has 2 aliphatic rings. The summed E-state index contributed by atoms with van der Waals surface area (Å²) in [6, 6.07) is 7.90. The molecule has 2 aliphatic heterocycles. The second-order valence-corrected chi connectivity index (χ2v) is 9.12. The van der Waals surface area contributed by atoms with Gasteiger partial charge in [-0.3, -0.25) is 9.59 Å². The summed E-state index contributed by atoms with van der Waals surface area (Å²) in [7, 11) is 0. The van der Waals surface area contributed by atoms with Crippen molar-refractivity contribution in [1.29, 1.82) is 0 Å². The Balaban J connectivity index is 1.42. The Labute approximate surface area is 189 Å². The summed E-state index contributed by atoms with van der Waals surface area (Å²) in [4.78, 5) is 35.2. The van der Waals surface area contributed by atoms with Crippen LogP contribution in [0, 0.1) is 5.92 Å². The van der Waals surface area contributed by atoms with Crippen LogP contribution in [-0.2, 0) is 14.3 Å². The van der Waals surface area contributed by atoms with Crippen molar-refractivity contribution >= 4 is 44.2 Å². The average molecular weight is 453 g/mol. The highest BCUT2D eigenvalue weighted by Crippen LogP contribution is 2.36. The molecule has 2 aromatic heterocycles. The molecule has 4 heterocycles. The van der Waals surface area contributed by atoms with Gasteiger partial charge < -0.3 is 19.7 Å². The summed E-state index contributed by atoms with van der Waals surface area (Å²) < 4.78 is 12.1. The first kappa shape index (κ1) is 20.8. The summed E-state index contributed by atoms with van der Waals surface area (Å²) in [5, 5.41) is 3.31. The second kappa shape index (κ2) is 8.84. The topological polar surface area (TPSA) is 93.7 Å². The number of carbonyl (C=O) groups is 2. The number of fused-ring (bicyclic) bond motifs is 2. The molecular formula is C23H24N4O4S. The minimum Gasteiger partial charge on any atom is -0.474 e. The molecule has 0 radical (unpaired) electrons. The van der Waals surface area contributed by atoms with Gasteiger partial charge in [-0.2, -0.15) is 0 Å². The third-order valence-electron chi connectivity index (χ3n) is 5.79. The van der Waals surface area contributed by atoms with Crippen LogP contribution in [0.1, 0.15) is 26.2 Å². The molecule has 0 unspecified atom stereocenters. The molecule has 3 aromatic rings. The Morgan fingerprint density at radius 1 is 1.19 bits per heavy atom. The summed E-state index contributed by atoms with van der Waals surface area (Å²) in [5.74, 6) is 0.823. The lowest BCUT2D eigenvalue weighted by atomic mass is 9.95. The minimum absolute atomic E-state index is 0.109. The van der Waals surface area contributed by atoms with Gasteiger partial charge in [-0.15, -0.1) is 0 Å². The van der Waals surface area contributed by atoms with E-state index in [-0.39, 0.29) is 11.8 Å². The first-order chi connectivity index (χ1) is 15.6. The number of hydrogen-bond acceptors (Lipinski definition) is 7. The molecule has 0 aliphatic carbocycles. The molecule has 2 amide bonds. The highest BCUT2D eigenvalue weighted by molar-refractivity contribution is 7.22. The predicted octanol–water partition coefficient (Wildman–Crippen LogP) is 3.86. The lowest BCUT2D eigenvalue weighted by Gasteiger charge is -2.31. The standard InChI is InChI=1S/C23H24N4O4S/c1-14(28)25-23-26-18-3-2-16(12-20(18)32-23)17-11-19-22(24-13-17)31-9-6-27(19)21(29)10-15-4-7-30-8-5-15/h2-3,11-13,15H,4-10H2,1H3,(H,25,26,28). The average Bonchev–Trinajstić information content (AvgIpc) is 3.19. The van der Waals surface area contributed by atoms with Crippen LogP contribution in [0.25, 0.3) is 21.3 Å². The molecule has 0 saturated carbocycles. The quantitative estimate of drug-likeness (QED) is 0.646.